The van der Waals surface area contributed by atoms with Crippen molar-refractivity contribution in [3.63, 3.8) is 0 Å². The lowest BCUT2D eigenvalue weighted by Gasteiger charge is -2.36. The SMILES string of the molecule is CS(=O)(=O)C1=CN(CCO)C(=O)N2CCCN=C12. The van der Waals surface area contributed by atoms with Crippen LogP contribution < -0.4 is 0 Å². The molecule has 0 saturated carbocycles. The predicted octanol–water partition coefficient (Wildman–Crippen LogP) is -0.595. The molecule has 0 aromatic heterocycles. The third kappa shape index (κ3) is 2.25. The zero-order valence-corrected chi connectivity index (χ0v) is 10.9. The molecule has 2 aliphatic heterocycles. The molecule has 0 atom stereocenters. The fourth-order valence-corrected chi connectivity index (χ4v) is 2.77. The Morgan fingerprint density at radius 1 is 1.50 bits per heavy atom. The molecule has 100 valence electrons. The summed E-state index contributed by atoms with van der Waals surface area (Å²) < 4.78 is 23.4. The number of β-amino-alcohol motifs (C(OH)–C–C–N with tert-alkyl or cyclic N) is 1. The normalized spacial score (nSPS) is 20.4. The van der Waals surface area contributed by atoms with Crippen molar-refractivity contribution in [2.75, 3.05) is 32.5 Å². The molecule has 0 saturated heterocycles. The van der Waals surface area contributed by atoms with Gasteiger partial charge in [0, 0.05) is 25.5 Å². The van der Waals surface area contributed by atoms with Crippen molar-refractivity contribution in [2.24, 2.45) is 4.99 Å². The molecule has 0 radical (unpaired) electrons. The van der Waals surface area contributed by atoms with Crippen LogP contribution in [0.15, 0.2) is 16.1 Å². The lowest BCUT2D eigenvalue weighted by molar-refractivity contribution is 0.174. The van der Waals surface area contributed by atoms with E-state index in [0.717, 1.165) is 6.26 Å². The predicted molar refractivity (Wildman–Crippen MR) is 65.7 cm³/mol. The maximum absolute atomic E-state index is 12.0. The summed E-state index contributed by atoms with van der Waals surface area (Å²) in [6, 6.07) is -0.338. The van der Waals surface area contributed by atoms with Gasteiger partial charge >= 0.3 is 6.03 Å². The first-order chi connectivity index (χ1) is 8.45. The number of amidine groups is 1. The summed E-state index contributed by atoms with van der Waals surface area (Å²) in [4.78, 5) is 18.8. The van der Waals surface area contributed by atoms with Crippen LogP contribution in [0.2, 0.25) is 0 Å². The van der Waals surface area contributed by atoms with Gasteiger partial charge in [-0.05, 0) is 6.42 Å². The van der Waals surface area contributed by atoms with Crippen LogP contribution in [0.4, 0.5) is 4.79 Å². The number of aliphatic imine (C=N–C) groups is 1. The van der Waals surface area contributed by atoms with Gasteiger partial charge in [-0.1, -0.05) is 0 Å². The number of sulfone groups is 1. The fourth-order valence-electron chi connectivity index (χ4n) is 1.94. The van der Waals surface area contributed by atoms with Crippen molar-refractivity contribution in [3.8, 4) is 0 Å². The highest BCUT2D eigenvalue weighted by Crippen LogP contribution is 2.22. The van der Waals surface area contributed by atoms with E-state index in [0.29, 0.717) is 19.5 Å². The van der Waals surface area contributed by atoms with Crippen LogP contribution in [0.1, 0.15) is 6.42 Å². The van der Waals surface area contributed by atoms with E-state index in [1.165, 1.54) is 16.0 Å². The standard InChI is InChI=1S/C10H15N3O4S/c1-18(16,17)8-7-12(5-6-14)10(15)13-4-2-3-11-9(8)13/h7,14H,2-6H2,1H3. The monoisotopic (exact) mass is 273 g/mol. The molecule has 2 amide bonds. The van der Waals surface area contributed by atoms with E-state index in [4.69, 9.17) is 5.11 Å². The van der Waals surface area contributed by atoms with E-state index in [9.17, 15) is 13.2 Å². The summed E-state index contributed by atoms with van der Waals surface area (Å²) in [5.74, 6) is 0.225. The Bertz CT molecular complexity index is 523. The molecule has 0 aromatic carbocycles. The van der Waals surface area contributed by atoms with E-state index in [1.807, 2.05) is 0 Å². The largest absolute Gasteiger partial charge is 0.395 e. The van der Waals surface area contributed by atoms with E-state index in [2.05, 4.69) is 4.99 Å². The summed E-state index contributed by atoms with van der Waals surface area (Å²) >= 11 is 0. The van der Waals surface area contributed by atoms with Crippen LogP contribution in [0.5, 0.6) is 0 Å². The number of nitrogens with zero attached hydrogens (tertiary/aromatic N) is 3. The highest BCUT2D eigenvalue weighted by molar-refractivity contribution is 7.95. The number of hydrogen-bond acceptors (Lipinski definition) is 5. The van der Waals surface area contributed by atoms with Gasteiger partial charge in [-0.15, -0.1) is 0 Å². The zero-order chi connectivity index (χ0) is 13.3. The van der Waals surface area contributed by atoms with Gasteiger partial charge in [-0.2, -0.15) is 0 Å². The van der Waals surface area contributed by atoms with Crippen molar-refractivity contribution in [1.29, 1.82) is 0 Å². The molecule has 18 heavy (non-hydrogen) atoms. The van der Waals surface area contributed by atoms with Crippen LogP contribution in [0.3, 0.4) is 0 Å². The number of urea groups is 1. The van der Waals surface area contributed by atoms with Gasteiger partial charge in [0.15, 0.2) is 15.7 Å². The summed E-state index contributed by atoms with van der Waals surface area (Å²) in [6.07, 6.45) is 3.05. The molecule has 8 heteroatoms. The van der Waals surface area contributed by atoms with Crippen molar-refractivity contribution in [3.05, 3.63) is 11.1 Å². The average molecular weight is 273 g/mol. The maximum atomic E-state index is 12.0. The quantitative estimate of drug-likeness (QED) is 0.743. The second-order valence-corrected chi connectivity index (χ2v) is 6.16. The summed E-state index contributed by atoms with van der Waals surface area (Å²) in [6.45, 7) is 0.819. The van der Waals surface area contributed by atoms with E-state index < -0.39 is 9.84 Å². The first-order valence-electron chi connectivity index (χ1n) is 5.61. The average Bonchev–Trinajstić information content (AvgIpc) is 2.31. The lowest BCUT2D eigenvalue weighted by Crippen LogP contribution is -2.52. The van der Waals surface area contributed by atoms with Crippen molar-refractivity contribution < 1.29 is 18.3 Å². The molecule has 1 N–H and O–H groups in total. The van der Waals surface area contributed by atoms with Gasteiger partial charge in [-0.3, -0.25) is 14.8 Å². The Morgan fingerprint density at radius 2 is 2.22 bits per heavy atom. The molecule has 0 fully saturated rings. The topological polar surface area (TPSA) is 90.3 Å². The van der Waals surface area contributed by atoms with Crippen molar-refractivity contribution in [1.82, 2.24) is 9.80 Å². The highest BCUT2D eigenvalue weighted by atomic mass is 32.2. The smallest absolute Gasteiger partial charge is 0.329 e. The Balaban J connectivity index is 2.50. The number of hydrogen-bond donors (Lipinski definition) is 1. The first-order valence-corrected chi connectivity index (χ1v) is 7.50. The van der Waals surface area contributed by atoms with Crippen LogP contribution in [0, 0.1) is 0 Å². The van der Waals surface area contributed by atoms with E-state index in [1.54, 1.807) is 0 Å². The molecule has 2 heterocycles. The minimum absolute atomic E-state index is 0.0373. The number of carbonyl (C=O) groups is 1. The van der Waals surface area contributed by atoms with Crippen molar-refractivity contribution in [2.45, 2.75) is 6.42 Å². The number of rotatable bonds is 3. The second-order valence-electron chi connectivity index (χ2n) is 4.18. The summed E-state index contributed by atoms with van der Waals surface area (Å²) in [7, 11) is -3.46. The Hall–Kier alpha value is -1.41. The van der Waals surface area contributed by atoms with Crippen LogP contribution in [-0.2, 0) is 9.84 Å². The molecule has 0 aliphatic carbocycles. The third-order valence-electron chi connectivity index (χ3n) is 2.77. The molecule has 7 nitrogen and oxygen atoms in total. The molecule has 2 rings (SSSR count). The Kier molecular flexibility index (Phi) is 3.40. The summed E-state index contributed by atoms with van der Waals surface area (Å²) in [5.41, 5.74) is 0. The van der Waals surface area contributed by atoms with Gasteiger partial charge in [-0.25, -0.2) is 13.2 Å². The molecule has 0 bridgehead atoms. The highest BCUT2D eigenvalue weighted by Gasteiger charge is 2.36. The van der Waals surface area contributed by atoms with Crippen LogP contribution in [0.25, 0.3) is 0 Å². The van der Waals surface area contributed by atoms with E-state index in [-0.39, 0.29) is 29.9 Å². The molecular weight excluding hydrogens is 258 g/mol. The Labute approximate surface area is 105 Å². The van der Waals surface area contributed by atoms with Gasteiger partial charge in [0.05, 0.1) is 13.2 Å². The summed E-state index contributed by atoms with van der Waals surface area (Å²) in [5, 5.41) is 8.90. The minimum atomic E-state index is -3.46. The molecule has 0 aromatic rings. The van der Waals surface area contributed by atoms with Crippen LogP contribution >= 0.6 is 0 Å². The molecule has 0 unspecified atom stereocenters. The Morgan fingerprint density at radius 3 is 2.83 bits per heavy atom. The molecule has 0 spiro atoms. The first kappa shape index (κ1) is 13.0. The van der Waals surface area contributed by atoms with Gasteiger partial charge in [0.25, 0.3) is 0 Å². The third-order valence-corrected chi connectivity index (χ3v) is 3.85. The van der Waals surface area contributed by atoms with Gasteiger partial charge in [0.1, 0.15) is 4.91 Å². The molecular formula is C10H15N3O4S. The zero-order valence-electron chi connectivity index (χ0n) is 10.0. The number of aliphatic hydroxyl groups excluding tert-OH is 1. The van der Waals surface area contributed by atoms with E-state index >= 15 is 0 Å². The van der Waals surface area contributed by atoms with Crippen LogP contribution in [-0.4, -0.2) is 67.7 Å². The van der Waals surface area contributed by atoms with Crippen molar-refractivity contribution >= 4 is 21.7 Å². The fraction of sp³-hybridized carbons (Fsp3) is 0.600. The number of amides is 2. The molecule has 2 aliphatic rings. The number of fused-ring (bicyclic) bond motifs is 1. The second kappa shape index (κ2) is 4.69. The number of carbonyl (C=O) groups excluding carboxylic acids is 1. The number of aliphatic hydroxyl groups is 1. The maximum Gasteiger partial charge on any atom is 0.329 e. The van der Waals surface area contributed by atoms with Gasteiger partial charge < -0.3 is 5.11 Å². The van der Waals surface area contributed by atoms with Gasteiger partial charge in [0.2, 0.25) is 0 Å². The minimum Gasteiger partial charge on any atom is -0.395 e. The lowest BCUT2D eigenvalue weighted by atomic mass is 10.2.